The first kappa shape index (κ1) is 17.3. The monoisotopic (exact) mass is 363 g/mol. The van der Waals surface area contributed by atoms with Crippen molar-refractivity contribution in [3.05, 3.63) is 66.0 Å². The number of amides is 1. The predicted octanol–water partition coefficient (Wildman–Crippen LogP) is 2.77. The molecule has 1 heterocycles. The van der Waals surface area contributed by atoms with Crippen LogP contribution in [0.5, 0.6) is 0 Å². The van der Waals surface area contributed by atoms with Gasteiger partial charge in [-0.2, -0.15) is 0 Å². The van der Waals surface area contributed by atoms with Crippen LogP contribution < -0.4 is 5.32 Å². The number of rotatable bonds is 5. The number of para-hydroxylation sites is 2. The lowest BCUT2D eigenvalue weighted by Gasteiger charge is -2.26. The van der Waals surface area contributed by atoms with E-state index in [1.165, 1.54) is 5.56 Å². The molecular weight excluding hydrogens is 342 g/mol. The van der Waals surface area contributed by atoms with Gasteiger partial charge in [0, 0.05) is 0 Å². The summed E-state index contributed by atoms with van der Waals surface area (Å²) >= 11 is 0. The summed E-state index contributed by atoms with van der Waals surface area (Å²) in [4.78, 5) is 28.6. The first-order valence-corrected chi connectivity index (χ1v) is 9.13. The fourth-order valence-corrected chi connectivity index (χ4v) is 3.61. The molecule has 27 heavy (non-hydrogen) atoms. The molecule has 1 N–H and O–H groups in total. The highest BCUT2D eigenvalue weighted by Gasteiger charge is 2.21. The van der Waals surface area contributed by atoms with Gasteiger partial charge in [-0.1, -0.05) is 36.4 Å². The van der Waals surface area contributed by atoms with Crippen LogP contribution in [0.3, 0.4) is 0 Å². The van der Waals surface area contributed by atoms with Crippen LogP contribution in [0.1, 0.15) is 30.0 Å². The third kappa shape index (κ3) is 3.84. The zero-order valence-corrected chi connectivity index (χ0v) is 14.9. The number of imidazole rings is 1. The van der Waals surface area contributed by atoms with Crippen molar-refractivity contribution in [3.8, 4) is 0 Å². The Hall–Kier alpha value is -3.15. The van der Waals surface area contributed by atoms with Crippen LogP contribution in [0, 0.1) is 0 Å². The molecule has 6 nitrogen and oxygen atoms in total. The molecule has 1 atom stereocenters. The Morgan fingerprint density at radius 2 is 1.96 bits per heavy atom. The van der Waals surface area contributed by atoms with E-state index in [0.717, 1.165) is 35.9 Å². The maximum absolute atomic E-state index is 12.2. The van der Waals surface area contributed by atoms with Gasteiger partial charge < -0.3 is 14.6 Å². The molecule has 4 rings (SSSR count). The molecule has 6 heteroatoms. The molecule has 0 radical (unpaired) electrons. The van der Waals surface area contributed by atoms with E-state index in [2.05, 4.69) is 22.4 Å². The smallest absolute Gasteiger partial charge is 0.326 e. The van der Waals surface area contributed by atoms with Crippen LogP contribution in [0.2, 0.25) is 0 Å². The fraction of sp³-hybridized carbons (Fsp3) is 0.286. The molecule has 1 amide bonds. The summed E-state index contributed by atoms with van der Waals surface area (Å²) in [6.07, 6.45) is 4.58. The van der Waals surface area contributed by atoms with E-state index in [0.29, 0.717) is 0 Å². The van der Waals surface area contributed by atoms with Crippen molar-refractivity contribution in [2.75, 3.05) is 6.61 Å². The summed E-state index contributed by atoms with van der Waals surface area (Å²) in [5, 5.41) is 2.98. The molecule has 2 aromatic carbocycles. The van der Waals surface area contributed by atoms with Crippen LogP contribution in [0.4, 0.5) is 0 Å². The van der Waals surface area contributed by atoms with Crippen molar-refractivity contribution >= 4 is 22.9 Å². The molecule has 3 aromatic rings. The SMILES string of the molecule is O=C(COC(=O)Cn1cnc2ccccc21)NC1CCCc2ccccc21. The van der Waals surface area contributed by atoms with Crippen LogP contribution in [-0.4, -0.2) is 28.0 Å². The van der Waals surface area contributed by atoms with Gasteiger partial charge in [-0.25, -0.2) is 4.98 Å². The predicted molar refractivity (Wildman–Crippen MR) is 101 cm³/mol. The largest absolute Gasteiger partial charge is 0.454 e. The fourth-order valence-electron chi connectivity index (χ4n) is 3.61. The Morgan fingerprint density at radius 3 is 2.89 bits per heavy atom. The molecule has 0 spiro atoms. The quantitative estimate of drug-likeness (QED) is 0.708. The highest BCUT2D eigenvalue weighted by atomic mass is 16.5. The summed E-state index contributed by atoms with van der Waals surface area (Å²) in [5.74, 6) is -0.738. The molecular formula is C21H21N3O3. The average molecular weight is 363 g/mol. The minimum absolute atomic E-state index is 0.0151. The van der Waals surface area contributed by atoms with Crippen molar-refractivity contribution in [1.29, 1.82) is 0 Å². The summed E-state index contributed by atoms with van der Waals surface area (Å²) in [6, 6.07) is 15.7. The number of aryl methyl sites for hydroxylation is 1. The third-order valence-electron chi connectivity index (χ3n) is 4.90. The number of aromatic nitrogens is 2. The van der Waals surface area contributed by atoms with Gasteiger partial charge in [0.2, 0.25) is 0 Å². The number of esters is 1. The van der Waals surface area contributed by atoms with E-state index in [1.54, 1.807) is 10.9 Å². The highest BCUT2D eigenvalue weighted by molar-refractivity contribution is 5.82. The molecule has 1 aromatic heterocycles. The van der Waals surface area contributed by atoms with Gasteiger partial charge in [0.15, 0.2) is 6.61 Å². The molecule has 0 saturated heterocycles. The zero-order valence-electron chi connectivity index (χ0n) is 14.9. The molecule has 1 aliphatic carbocycles. The molecule has 0 aliphatic heterocycles. The van der Waals surface area contributed by atoms with Crippen molar-refractivity contribution < 1.29 is 14.3 Å². The van der Waals surface area contributed by atoms with Gasteiger partial charge >= 0.3 is 5.97 Å². The summed E-state index contributed by atoms with van der Waals surface area (Å²) in [5.41, 5.74) is 4.11. The maximum atomic E-state index is 12.2. The lowest BCUT2D eigenvalue weighted by molar-refractivity contribution is -0.149. The van der Waals surface area contributed by atoms with Gasteiger partial charge in [0.1, 0.15) is 6.54 Å². The first-order chi connectivity index (χ1) is 13.2. The lowest BCUT2D eigenvalue weighted by Crippen LogP contribution is -2.34. The molecule has 138 valence electrons. The summed E-state index contributed by atoms with van der Waals surface area (Å²) in [7, 11) is 0. The molecule has 0 saturated carbocycles. The minimum atomic E-state index is -0.461. The van der Waals surface area contributed by atoms with E-state index in [4.69, 9.17) is 4.74 Å². The Kier molecular flexibility index (Phi) is 4.87. The maximum Gasteiger partial charge on any atom is 0.326 e. The van der Waals surface area contributed by atoms with Crippen molar-refractivity contribution in [2.24, 2.45) is 0 Å². The third-order valence-corrected chi connectivity index (χ3v) is 4.90. The number of ether oxygens (including phenoxy) is 1. The van der Waals surface area contributed by atoms with Crippen molar-refractivity contribution in [2.45, 2.75) is 31.8 Å². The number of nitrogens with one attached hydrogen (secondary N) is 1. The van der Waals surface area contributed by atoms with Crippen LogP contribution in [0.15, 0.2) is 54.9 Å². The van der Waals surface area contributed by atoms with Gasteiger partial charge in [0.25, 0.3) is 5.91 Å². The number of carbonyl (C=O) groups excluding carboxylic acids is 2. The second-order valence-corrected chi connectivity index (χ2v) is 6.73. The Bertz CT molecular complexity index is 979. The second kappa shape index (κ2) is 7.61. The standard InChI is InChI=1S/C21H21N3O3/c25-20(23-17-10-5-7-15-6-1-2-8-16(15)17)13-27-21(26)12-24-14-22-18-9-3-4-11-19(18)24/h1-4,6,8-9,11,14,17H,5,7,10,12-13H2,(H,23,25). The molecule has 1 aliphatic rings. The number of carbonyl (C=O) groups is 2. The highest BCUT2D eigenvalue weighted by Crippen LogP contribution is 2.29. The normalized spacial score (nSPS) is 15.9. The van der Waals surface area contributed by atoms with Crippen LogP contribution in [0.25, 0.3) is 11.0 Å². The van der Waals surface area contributed by atoms with Gasteiger partial charge in [-0.05, 0) is 42.5 Å². The Balaban J connectivity index is 1.31. The summed E-state index contributed by atoms with van der Waals surface area (Å²) < 4.78 is 6.87. The second-order valence-electron chi connectivity index (χ2n) is 6.73. The van der Waals surface area contributed by atoms with Crippen molar-refractivity contribution in [3.63, 3.8) is 0 Å². The van der Waals surface area contributed by atoms with E-state index >= 15 is 0 Å². The average Bonchev–Trinajstić information content (AvgIpc) is 3.10. The van der Waals surface area contributed by atoms with E-state index < -0.39 is 5.97 Å². The van der Waals surface area contributed by atoms with Crippen LogP contribution >= 0.6 is 0 Å². The molecule has 1 unspecified atom stereocenters. The lowest BCUT2D eigenvalue weighted by atomic mass is 9.88. The van der Waals surface area contributed by atoms with E-state index in [-0.39, 0.29) is 25.1 Å². The zero-order chi connectivity index (χ0) is 18.6. The van der Waals surface area contributed by atoms with Gasteiger partial charge in [-0.3, -0.25) is 9.59 Å². The number of hydrogen-bond donors (Lipinski definition) is 1. The molecule has 0 fully saturated rings. The number of hydrogen-bond acceptors (Lipinski definition) is 4. The summed E-state index contributed by atoms with van der Waals surface area (Å²) in [6.45, 7) is -0.246. The van der Waals surface area contributed by atoms with Gasteiger partial charge in [0.05, 0.1) is 23.4 Å². The van der Waals surface area contributed by atoms with E-state index in [9.17, 15) is 9.59 Å². The Morgan fingerprint density at radius 1 is 1.15 bits per heavy atom. The topological polar surface area (TPSA) is 73.2 Å². The molecule has 0 bridgehead atoms. The number of benzene rings is 2. The minimum Gasteiger partial charge on any atom is -0.454 e. The van der Waals surface area contributed by atoms with E-state index in [1.807, 2.05) is 36.4 Å². The number of nitrogens with zero attached hydrogens (tertiary/aromatic N) is 2. The van der Waals surface area contributed by atoms with Crippen molar-refractivity contribution in [1.82, 2.24) is 14.9 Å². The van der Waals surface area contributed by atoms with Crippen LogP contribution in [-0.2, 0) is 27.3 Å². The van der Waals surface area contributed by atoms with Gasteiger partial charge in [-0.15, -0.1) is 0 Å². The first-order valence-electron chi connectivity index (χ1n) is 9.13. The number of fused-ring (bicyclic) bond motifs is 2. The Labute approximate surface area is 157 Å².